The fourth-order valence-corrected chi connectivity index (χ4v) is 16.9. The minimum absolute atomic E-state index is 0. The summed E-state index contributed by atoms with van der Waals surface area (Å²) in [5.41, 5.74) is 6.02. The second-order valence-corrected chi connectivity index (χ2v) is 35.1. The van der Waals surface area contributed by atoms with Crippen molar-refractivity contribution in [3.63, 3.8) is 0 Å². The van der Waals surface area contributed by atoms with Gasteiger partial charge in [-0.15, -0.1) is 39.5 Å². The Morgan fingerprint density at radius 3 is 1.09 bits per heavy atom. The summed E-state index contributed by atoms with van der Waals surface area (Å²) in [5, 5.41) is 10.5. The molecule has 3 saturated heterocycles. The number of alkyl halides is 18. The van der Waals surface area contributed by atoms with Gasteiger partial charge in [-0.1, -0.05) is 103 Å². The van der Waals surface area contributed by atoms with Gasteiger partial charge in [-0.25, -0.2) is 30.0 Å². The van der Waals surface area contributed by atoms with Crippen LogP contribution in [-0.2, 0) is 57.3 Å². The Hall–Kier alpha value is -10.5. The number of piperidine rings is 3. The number of nitrogens with one attached hydrogen (secondary N) is 3. The van der Waals surface area contributed by atoms with Gasteiger partial charge in [0.2, 0.25) is 30.1 Å². The number of ether oxygens (including phenoxy) is 3. The van der Waals surface area contributed by atoms with Gasteiger partial charge in [-0.05, 0) is 178 Å². The van der Waals surface area contributed by atoms with Gasteiger partial charge in [0, 0.05) is 95.2 Å². The SMILES string of the molecule is C.C=CS(=O)(=O)N1CCC2(CC1)N=C(c1cccc(OC(F)(F)F)c1)NC2=O.Cc1cc(CCC(F)(F)F)ccc1/C=C/S(=O)(=O)N1CCC2(CC1)N=C(c1cccc(OC(F)(F)F)c1)NC2=O.Cc1cc(CCC(F)(F)F)ccc1Br.Cc1cc(N(CC(F)(F)F)C(N)=O)ccc1/C=C/S(=O)(=O)N1CCC2(CC1)N=C(c1cccc(OC(F)(F)F)c1)NC2=O.N. The van der Waals surface area contributed by atoms with E-state index in [0.717, 1.165) is 72.5 Å². The number of aryl methyl sites for hydroxylation is 5. The molecule has 12 rings (SSSR count). The lowest BCUT2D eigenvalue weighted by molar-refractivity contribution is -0.275. The van der Waals surface area contributed by atoms with Gasteiger partial charge in [0.05, 0.1) is 0 Å². The first-order valence-electron chi connectivity index (χ1n) is 36.9. The first kappa shape index (κ1) is 103. The monoisotopic (exact) mass is 1920 g/mol. The highest BCUT2D eigenvalue weighted by molar-refractivity contribution is 9.10. The molecule has 8 N–H and O–H groups in total. The zero-order valence-corrected chi connectivity index (χ0v) is 69.9. The summed E-state index contributed by atoms with van der Waals surface area (Å²) in [5.74, 6) is -2.54. The number of carbonyl (C=O) groups is 4. The third kappa shape index (κ3) is 28.5. The maximum Gasteiger partial charge on any atom is 0.573 e. The minimum atomic E-state index is -4.90. The van der Waals surface area contributed by atoms with Gasteiger partial charge in [0.25, 0.3) is 17.7 Å². The number of primary amides is 1. The van der Waals surface area contributed by atoms with Crippen molar-refractivity contribution in [2.45, 2.75) is 147 Å². The van der Waals surface area contributed by atoms with Crippen molar-refractivity contribution in [1.82, 2.24) is 35.0 Å². The standard InChI is InChI=1S/C26H25F6N5O5S.C26H25F6N3O4S.C16H16F3N3O4S.C10H10BrF3.CH4.H3N/c1-16-13-19(37(23(33)39)15-25(27,28)29)6-5-17(16)7-12-43(40,41)36-10-8-24(9-11-36)22(38)34-21(35-24)18-3-2-4-20(14-18)42-26(30,31)32;1-17-15-18(7-9-25(27,28)29)5-6-19(17)8-14-40(37,38)35-12-10-24(11-13-35)23(36)33-22(34-24)20-3-2-4-21(16-20)39-26(30,31)32;1-2-27(24,25)22-8-6-15(7-9-22)14(23)20-13(21-15)11-4-3-5-12(10-11)26-16(17,18)19;1-7-6-8(2-3-9(7)11)4-5-10(12,13)14;;/h2-7,12-14H,8-11,15H2,1H3,(H2,33,39)(H,34,35,38);2-6,8,14-16H,7,9-13H2,1H3,(H,33,34,36);2-5,10H,1,6-9H2,(H,20,21,23);2-3,6H,4-5H2,1H3;1H4;1H3/b12-7+;14-8+;;;;. The van der Waals surface area contributed by atoms with E-state index in [1.165, 1.54) is 88.3 Å². The van der Waals surface area contributed by atoms with E-state index in [0.29, 0.717) is 32.7 Å². The molecule has 0 atom stereocenters. The molecule has 6 heterocycles. The molecular formula is C79H83BrF18N12O13S3. The molecule has 0 unspecified atom stereocenters. The van der Waals surface area contributed by atoms with Gasteiger partial charge in [0.15, 0.2) is 0 Å². The van der Waals surface area contributed by atoms with E-state index in [2.05, 4.69) is 67.6 Å². The number of urea groups is 1. The first-order chi connectivity index (χ1) is 57.4. The van der Waals surface area contributed by atoms with Crippen molar-refractivity contribution in [3.8, 4) is 17.2 Å². The molecule has 6 aliphatic heterocycles. The molecule has 5 amide bonds. The number of amidine groups is 3. The summed E-state index contributed by atoms with van der Waals surface area (Å²) in [7, 11) is -11.5. The van der Waals surface area contributed by atoms with Gasteiger partial charge >= 0.3 is 43.6 Å². The van der Waals surface area contributed by atoms with Crippen LogP contribution in [0.3, 0.4) is 0 Å². The lowest BCUT2D eigenvalue weighted by atomic mass is 9.89. The number of nitrogens with two attached hydrogens (primary N) is 1. The van der Waals surface area contributed by atoms with Crippen molar-refractivity contribution < 1.29 is 138 Å². The molecular weight excluding hydrogens is 1840 g/mol. The molecule has 6 aromatic rings. The van der Waals surface area contributed by atoms with E-state index in [-0.39, 0.29) is 144 Å². The number of amides is 5. The highest BCUT2D eigenvalue weighted by atomic mass is 79.9. The minimum Gasteiger partial charge on any atom is -0.406 e. The van der Waals surface area contributed by atoms with Crippen molar-refractivity contribution in [2.75, 3.05) is 50.7 Å². The normalized spacial score (nSPS) is 17.5. The second-order valence-electron chi connectivity index (χ2n) is 28.8. The average molecular weight is 1930 g/mol. The Bertz CT molecular complexity index is 5510. The zero-order chi connectivity index (χ0) is 91.8. The maximum absolute atomic E-state index is 13.0. The molecule has 126 heavy (non-hydrogen) atoms. The second kappa shape index (κ2) is 40.2. The Morgan fingerprint density at radius 2 is 0.794 bits per heavy atom. The first-order valence-corrected chi connectivity index (χ1v) is 42.2. The number of rotatable bonds is 20. The molecule has 688 valence electrons. The van der Waals surface area contributed by atoms with Crippen LogP contribution in [0.2, 0.25) is 0 Å². The molecule has 0 radical (unpaired) electrons. The molecule has 6 aliphatic rings. The molecule has 0 aliphatic carbocycles. The fourth-order valence-electron chi connectivity index (χ4n) is 13.4. The predicted octanol–water partition coefficient (Wildman–Crippen LogP) is 16.0. The molecule has 0 aromatic heterocycles. The smallest absolute Gasteiger partial charge is 0.406 e. The Morgan fingerprint density at radius 1 is 0.476 bits per heavy atom. The van der Waals surface area contributed by atoms with Gasteiger partial charge in [0.1, 0.15) is 57.9 Å². The van der Waals surface area contributed by atoms with E-state index in [9.17, 15) is 123 Å². The highest BCUT2D eigenvalue weighted by Gasteiger charge is 2.51. The molecule has 25 nitrogen and oxygen atoms in total. The molecule has 3 fully saturated rings. The molecule has 0 bridgehead atoms. The Kier molecular flexibility index (Phi) is 32.8. The number of hydrogen-bond donors (Lipinski definition) is 5. The number of carbonyl (C=O) groups excluding carboxylic acids is 4. The van der Waals surface area contributed by atoms with Crippen LogP contribution in [0.5, 0.6) is 17.2 Å². The summed E-state index contributed by atoms with van der Waals surface area (Å²) in [6.07, 6.45) is -26.4. The van der Waals surface area contributed by atoms with Crippen LogP contribution in [-0.4, -0.2) is 179 Å². The lowest BCUT2D eigenvalue weighted by Crippen LogP contribution is -2.50. The number of hydrogen-bond acceptors (Lipinski definition) is 17. The summed E-state index contributed by atoms with van der Waals surface area (Å²) in [6.45, 7) is 6.70. The van der Waals surface area contributed by atoms with E-state index in [4.69, 9.17) is 5.73 Å². The number of benzene rings is 6. The maximum atomic E-state index is 13.0. The summed E-state index contributed by atoms with van der Waals surface area (Å²) >= 11 is 3.30. The van der Waals surface area contributed by atoms with Gasteiger partial charge in [-0.2, -0.15) is 52.4 Å². The Labute approximate surface area is 719 Å². The van der Waals surface area contributed by atoms with Crippen LogP contribution in [0, 0.1) is 20.8 Å². The molecule has 6 aromatic carbocycles. The fraction of sp³-hybridized carbons (Fsp3) is 0.380. The zero-order valence-electron chi connectivity index (χ0n) is 65.9. The van der Waals surface area contributed by atoms with Crippen LogP contribution in [0.25, 0.3) is 12.2 Å². The lowest BCUT2D eigenvalue weighted by Gasteiger charge is -2.34. The third-order valence-electron chi connectivity index (χ3n) is 19.9. The van der Waals surface area contributed by atoms with Gasteiger partial charge < -0.3 is 42.0 Å². The van der Waals surface area contributed by atoms with Crippen molar-refractivity contribution in [2.24, 2.45) is 20.7 Å². The van der Waals surface area contributed by atoms with Crippen LogP contribution in [0.1, 0.15) is 114 Å². The molecule has 3 spiro atoms. The third-order valence-corrected chi connectivity index (χ3v) is 25.4. The van der Waals surface area contributed by atoms with E-state index >= 15 is 0 Å². The Balaban J connectivity index is 0.000000243. The number of sulfonamides is 3. The van der Waals surface area contributed by atoms with Gasteiger partial charge in [-0.3, -0.25) is 34.3 Å². The highest BCUT2D eigenvalue weighted by Crippen LogP contribution is 2.39. The van der Waals surface area contributed by atoms with E-state index < -0.39 is 145 Å². The summed E-state index contributed by atoms with van der Waals surface area (Å²) in [6, 6.07) is 27.5. The molecule has 47 heteroatoms. The number of nitrogens with zero attached hydrogens (tertiary/aromatic N) is 7. The number of anilines is 1. The molecule has 0 saturated carbocycles. The quantitative estimate of drug-likeness (QED) is 0.0444. The van der Waals surface area contributed by atoms with E-state index in [1.807, 2.05) is 6.92 Å². The average Bonchev–Trinajstić information content (AvgIpc) is 1.62. The van der Waals surface area contributed by atoms with Crippen LogP contribution in [0.15, 0.2) is 170 Å². The predicted molar refractivity (Wildman–Crippen MR) is 434 cm³/mol. The van der Waals surface area contributed by atoms with Crippen LogP contribution < -0.4 is 46.9 Å². The van der Waals surface area contributed by atoms with Crippen molar-refractivity contribution in [3.05, 3.63) is 210 Å². The van der Waals surface area contributed by atoms with Crippen LogP contribution >= 0.6 is 15.9 Å². The van der Waals surface area contributed by atoms with Crippen molar-refractivity contribution in [1.29, 1.82) is 0 Å². The topological polar surface area (TPSA) is 346 Å². The van der Waals surface area contributed by atoms with E-state index in [1.54, 1.807) is 37.3 Å². The summed E-state index contributed by atoms with van der Waals surface area (Å²) < 4.78 is 316. The summed E-state index contributed by atoms with van der Waals surface area (Å²) in [4.78, 5) is 63.2. The van der Waals surface area contributed by atoms with Crippen LogP contribution in [0.4, 0.5) is 89.5 Å². The largest absolute Gasteiger partial charge is 0.573 e. The van der Waals surface area contributed by atoms with Crippen molar-refractivity contribution >= 4 is 105 Å². The number of halogens is 19. The number of aliphatic imine (C=N–C) groups is 3.